The molecule has 2 aromatic rings. The van der Waals surface area contributed by atoms with Crippen LogP contribution in [0.1, 0.15) is 29.0 Å². The number of ether oxygens (including phenoxy) is 2. The molecule has 0 saturated carbocycles. The van der Waals surface area contributed by atoms with Gasteiger partial charge >= 0.3 is 12.6 Å². The second kappa shape index (κ2) is 7.99. The molecule has 0 N–H and O–H groups in total. The number of rotatable bonds is 6. The maximum Gasteiger partial charge on any atom is 0.387 e. The third-order valence-corrected chi connectivity index (χ3v) is 4.05. The fourth-order valence-electron chi connectivity index (χ4n) is 2.81. The maximum atomic E-state index is 12.4. The van der Waals surface area contributed by atoms with Crippen LogP contribution in [0.25, 0.3) is 0 Å². The maximum absolute atomic E-state index is 12.4. The molecule has 8 heteroatoms. The zero-order chi connectivity index (χ0) is 18.5. The Balaban J connectivity index is 1.56. The molecule has 0 radical (unpaired) electrons. The minimum Gasteiger partial charge on any atom is -0.459 e. The van der Waals surface area contributed by atoms with Crippen molar-refractivity contribution in [1.29, 1.82) is 0 Å². The largest absolute Gasteiger partial charge is 0.459 e. The van der Waals surface area contributed by atoms with E-state index in [2.05, 4.69) is 4.74 Å². The first-order valence-electron chi connectivity index (χ1n) is 8.09. The molecule has 1 atom stereocenters. The van der Waals surface area contributed by atoms with Gasteiger partial charge in [-0.25, -0.2) is 4.79 Å². The van der Waals surface area contributed by atoms with E-state index in [1.54, 1.807) is 12.1 Å². The summed E-state index contributed by atoms with van der Waals surface area (Å²) in [5.74, 6) is -0.640. The Morgan fingerprint density at radius 3 is 2.65 bits per heavy atom. The molecular formula is C18H17F2NO5. The van der Waals surface area contributed by atoms with Crippen LogP contribution >= 0.6 is 0 Å². The second-order valence-corrected chi connectivity index (χ2v) is 5.76. The average molecular weight is 365 g/mol. The molecule has 0 bridgehead atoms. The minimum absolute atomic E-state index is 0.0208. The summed E-state index contributed by atoms with van der Waals surface area (Å²) in [6.07, 6.45) is 2.62. The van der Waals surface area contributed by atoms with Gasteiger partial charge in [0.2, 0.25) is 0 Å². The van der Waals surface area contributed by atoms with Crippen molar-refractivity contribution in [2.45, 2.75) is 32.1 Å². The zero-order valence-corrected chi connectivity index (χ0v) is 13.8. The lowest BCUT2D eigenvalue weighted by Crippen LogP contribution is -2.41. The molecule has 26 heavy (non-hydrogen) atoms. The number of esters is 1. The smallest absolute Gasteiger partial charge is 0.387 e. The number of furan rings is 1. The Morgan fingerprint density at radius 2 is 2.00 bits per heavy atom. The van der Waals surface area contributed by atoms with Crippen LogP contribution in [-0.2, 0) is 16.1 Å². The van der Waals surface area contributed by atoms with Crippen LogP contribution in [0.2, 0.25) is 0 Å². The molecule has 0 aliphatic carbocycles. The number of carbonyl (C=O) groups is 2. The SMILES string of the molecule is O=C(OCc1ccc(OC(F)F)cc1)[C@@H]1CCCN1C(=O)c1ccco1. The summed E-state index contributed by atoms with van der Waals surface area (Å²) in [5.41, 5.74) is 0.627. The second-order valence-electron chi connectivity index (χ2n) is 5.76. The molecular weight excluding hydrogens is 348 g/mol. The van der Waals surface area contributed by atoms with E-state index in [9.17, 15) is 18.4 Å². The van der Waals surface area contributed by atoms with Crippen molar-refractivity contribution in [3.63, 3.8) is 0 Å². The third kappa shape index (κ3) is 4.19. The molecule has 1 aliphatic heterocycles. The molecule has 1 aromatic carbocycles. The van der Waals surface area contributed by atoms with Gasteiger partial charge in [-0.05, 0) is 42.7 Å². The van der Waals surface area contributed by atoms with Crippen molar-refractivity contribution >= 4 is 11.9 Å². The van der Waals surface area contributed by atoms with Gasteiger partial charge in [-0.1, -0.05) is 12.1 Å². The monoisotopic (exact) mass is 365 g/mol. The highest BCUT2D eigenvalue weighted by atomic mass is 19.3. The summed E-state index contributed by atoms with van der Waals surface area (Å²) in [4.78, 5) is 26.2. The van der Waals surface area contributed by atoms with Crippen LogP contribution < -0.4 is 4.74 Å². The first kappa shape index (κ1) is 17.9. The molecule has 0 spiro atoms. The van der Waals surface area contributed by atoms with Crippen LogP contribution in [0.3, 0.4) is 0 Å². The van der Waals surface area contributed by atoms with Gasteiger partial charge in [-0.2, -0.15) is 8.78 Å². The molecule has 138 valence electrons. The molecule has 2 heterocycles. The molecule has 6 nitrogen and oxygen atoms in total. The normalized spacial score (nSPS) is 16.7. The Kier molecular flexibility index (Phi) is 5.50. The van der Waals surface area contributed by atoms with Crippen molar-refractivity contribution in [3.8, 4) is 5.75 Å². The van der Waals surface area contributed by atoms with Crippen LogP contribution in [0, 0.1) is 0 Å². The first-order chi connectivity index (χ1) is 12.5. The van der Waals surface area contributed by atoms with Crippen LogP contribution in [0.15, 0.2) is 47.1 Å². The lowest BCUT2D eigenvalue weighted by Gasteiger charge is -2.22. The van der Waals surface area contributed by atoms with Gasteiger partial charge in [-0.15, -0.1) is 0 Å². The molecule has 1 amide bonds. The molecule has 1 aliphatic rings. The van der Waals surface area contributed by atoms with Gasteiger partial charge in [0.25, 0.3) is 5.91 Å². The van der Waals surface area contributed by atoms with E-state index >= 15 is 0 Å². The van der Waals surface area contributed by atoms with Gasteiger partial charge in [0.1, 0.15) is 18.4 Å². The number of halogens is 2. The van der Waals surface area contributed by atoms with E-state index in [-0.39, 0.29) is 24.0 Å². The number of benzene rings is 1. The topological polar surface area (TPSA) is 69.0 Å². The lowest BCUT2D eigenvalue weighted by molar-refractivity contribution is -0.149. The predicted octanol–water partition coefficient (Wildman–Crippen LogP) is 3.23. The number of nitrogens with zero attached hydrogens (tertiary/aromatic N) is 1. The highest BCUT2D eigenvalue weighted by molar-refractivity contribution is 5.94. The van der Waals surface area contributed by atoms with Crippen LogP contribution in [0.4, 0.5) is 8.78 Å². The number of carbonyl (C=O) groups excluding carboxylic acids is 2. The highest BCUT2D eigenvalue weighted by Crippen LogP contribution is 2.22. The molecule has 1 saturated heterocycles. The van der Waals surface area contributed by atoms with E-state index < -0.39 is 18.6 Å². The van der Waals surface area contributed by atoms with Crippen molar-refractivity contribution < 1.29 is 32.3 Å². The van der Waals surface area contributed by atoms with Gasteiger partial charge in [0.05, 0.1) is 6.26 Å². The Labute approximate surface area is 148 Å². The fourth-order valence-corrected chi connectivity index (χ4v) is 2.81. The van der Waals surface area contributed by atoms with Gasteiger partial charge in [-0.3, -0.25) is 4.79 Å². The Hall–Kier alpha value is -2.90. The fraction of sp³-hybridized carbons (Fsp3) is 0.333. The van der Waals surface area contributed by atoms with Crippen molar-refractivity contribution in [3.05, 3.63) is 54.0 Å². The lowest BCUT2D eigenvalue weighted by atomic mass is 10.2. The summed E-state index contributed by atoms with van der Waals surface area (Å²) >= 11 is 0. The van der Waals surface area contributed by atoms with E-state index in [0.717, 1.165) is 0 Å². The predicted molar refractivity (Wildman–Crippen MR) is 85.6 cm³/mol. The van der Waals surface area contributed by atoms with Crippen molar-refractivity contribution in [2.24, 2.45) is 0 Å². The summed E-state index contributed by atoms with van der Waals surface area (Å²) < 4.78 is 38.9. The summed E-state index contributed by atoms with van der Waals surface area (Å²) in [7, 11) is 0. The molecule has 0 unspecified atom stereocenters. The quantitative estimate of drug-likeness (QED) is 0.735. The number of amides is 1. The zero-order valence-electron chi connectivity index (χ0n) is 13.8. The number of hydrogen-bond acceptors (Lipinski definition) is 5. The van der Waals surface area contributed by atoms with Crippen molar-refractivity contribution in [2.75, 3.05) is 6.54 Å². The van der Waals surface area contributed by atoms with E-state index in [4.69, 9.17) is 9.15 Å². The number of alkyl halides is 2. The summed E-state index contributed by atoms with van der Waals surface area (Å²) in [6, 6.07) is 8.31. The van der Waals surface area contributed by atoms with Crippen LogP contribution in [-0.4, -0.2) is 36.0 Å². The highest BCUT2D eigenvalue weighted by Gasteiger charge is 2.36. The van der Waals surface area contributed by atoms with Crippen LogP contribution in [0.5, 0.6) is 5.75 Å². The van der Waals surface area contributed by atoms with Gasteiger partial charge in [0, 0.05) is 6.54 Å². The van der Waals surface area contributed by atoms with E-state index in [0.29, 0.717) is 24.9 Å². The number of hydrogen-bond donors (Lipinski definition) is 0. The summed E-state index contributed by atoms with van der Waals surface area (Å²) in [6.45, 7) is -2.45. The molecule has 1 fully saturated rings. The summed E-state index contributed by atoms with van der Waals surface area (Å²) in [5, 5.41) is 0. The molecule has 1 aromatic heterocycles. The van der Waals surface area contributed by atoms with Gasteiger partial charge < -0.3 is 18.8 Å². The minimum atomic E-state index is -2.89. The first-order valence-corrected chi connectivity index (χ1v) is 8.09. The molecule has 3 rings (SSSR count). The van der Waals surface area contributed by atoms with Gasteiger partial charge in [0.15, 0.2) is 5.76 Å². The third-order valence-electron chi connectivity index (χ3n) is 4.05. The van der Waals surface area contributed by atoms with Crippen molar-refractivity contribution in [1.82, 2.24) is 4.90 Å². The van der Waals surface area contributed by atoms with E-state index in [1.807, 2.05) is 0 Å². The Morgan fingerprint density at radius 1 is 1.23 bits per heavy atom. The average Bonchev–Trinajstić information content (AvgIpc) is 3.31. The van der Waals surface area contributed by atoms with E-state index in [1.165, 1.54) is 35.4 Å². The number of likely N-dealkylation sites (tertiary alicyclic amines) is 1. The Bertz CT molecular complexity index is 745. The standard InChI is InChI=1S/C18H17F2NO5/c19-18(20)26-13-7-5-12(6-8-13)11-25-17(23)14-3-1-9-21(14)16(22)15-4-2-10-24-15/h2,4-8,10,14,18H,1,3,9,11H2/t14-/m0/s1.